The van der Waals surface area contributed by atoms with Gasteiger partial charge in [-0.15, -0.1) is 0 Å². The number of carbonyl (C=O) groups is 1. The van der Waals surface area contributed by atoms with E-state index in [9.17, 15) is 13.2 Å². The number of amides is 1. The summed E-state index contributed by atoms with van der Waals surface area (Å²) >= 11 is 0. The normalized spacial score (nSPS) is 13.5. The minimum absolute atomic E-state index is 0.0766. The molecule has 0 spiro atoms. The van der Waals surface area contributed by atoms with Crippen LogP contribution in [0.3, 0.4) is 0 Å². The molecule has 0 aliphatic heterocycles. The molecule has 0 aliphatic carbocycles. The van der Waals surface area contributed by atoms with Gasteiger partial charge in [0.05, 0.1) is 11.8 Å². The highest BCUT2D eigenvalue weighted by Gasteiger charge is 2.12. The predicted octanol–water partition coefficient (Wildman–Crippen LogP) is -0.465. The van der Waals surface area contributed by atoms with Gasteiger partial charge < -0.3 is 10.6 Å². The highest BCUT2D eigenvalue weighted by molar-refractivity contribution is 7.91. The van der Waals surface area contributed by atoms with Crippen LogP contribution in [0.25, 0.3) is 0 Å². The minimum Gasteiger partial charge on any atom is -0.355 e. The van der Waals surface area contributed by atoms with Gasteiger partial charge in [-0.1, -0.05) is 6.92 Å². The largest absolute Gasteiger partial charge is 0.355 e. The molecule has 1 atom stereocenters. The fourth-order valence-electron chi connectivity index (χ4n) is 0.995. The number of nitrogens with one attached hydrogen (secondary N) is 2. The molecule has 0 aromatic rings. The zero-order valence-electron chi connectivity index (χ0n) is 9.54. The van der Waals surface area contributed by atoms with Gasteiger partial charge in [-0.3, -0.25) is 4.79 Å². The van der Waals surface area contributed by atoms with Crippen molar-refractivity contribution >= 4 is 15.7 Å². The highest BCUT2D eigenvalue weighted by Crippen LogP contribution is 1.88. The Morgan fingerprint density at radius 1 is 1.33 bits per heavy atom. The van der Waals surface area contributed by atoms with E-state index in [-0.39, 0.29) is 23.5 Å². The molecule has 90 valence electrons. The van der Waals surface area contributed by atoms with Crippen molar-refractivity contribution in [2.45, 2.75) is 26.8 Å². The quantitative estimate of drug-likeness (QED) is 0.627. The van der Waals surface area contributed by atoms with Crippen molar-refractivity contribution in [2.24, 2.45) is 0 Å². The van der Waals surface area contributed by atoms with E-state index in [0.29, 0.717) is 13.1 Å². The zero-order valence-corrected chi connectivity index (χ0v) is 10.4. The van der Waals surface area contributed by atoms with Crippen LogP contribution in [0.5, 0.6) is 0 Å². The number of hydrogen-bond donors (Lipinski definition) is 2. The van der Waals surface area contributed by atoms with Crippen LogP contribution >= 0.6 is 0 Å². The molecular formula is C9H20N2O3S. The molecule has 0 saturated heterocycles. The fourth-order valence-corrected chi connectivity index (χ4v) is 1.71. The molecular weight excluding hydrogens is 216 g/mol. The summed E-state index contributed by atoms with van der Waals surface area (Å²) in [5.41, 5.74) is 0. The molecule has 0 rings (SSSR count). The van der Waals surface area contributed by atoms with Crippen molar-refractivity contribution in [1.29, 1.82) is 0 Å². The third-order valence-corrected chi connectivity index (χ3v) is 3.75. The van der Waals surface area contributed by atoms with Gasteiger partial charge in [-0.2, -0.15) is 0 Å². The molecule has 5 nitrogen and oxygen atoms in total. The van der Waals surface area contributed by atoms with Gasteiger partial charge >= 0.3 is 0 Å². The summed E-state index contributed by atoms with van der Waals surface area (Å²) in [7, 11) is -2.95. The Kier molecular flexibility index (Phi) is 6.51. The van der Waals surface area contributed by atoms with Gasteiger partial charge in [0.25, 0.3) is 0 Å². The Bertz CT molecular complexity index is 288. The fraction of sp³-hybridized carbons (Fsp3) is 0.889. The smallest absolute Gasteiger partial charge is 0.236 e. The van der Waals surface area contributed by atoms with E-state index in [4.69, 9.17) is 0 Å². The number of rotatable bonds is 7. The molecule has 0 fully saturated rings. The third-order valence-electron chi connectivity index (χ3n) is 2.05. The molecule has 0 saturated carbocycles. The molecule has 6 heteroatoms. The summed E-state index contributed by atoms with van der Waals surface area (Å²) in [5, 5.41) is 5.52. The lowest BCUT2D eigenvalue weighted by Crippen LogP contribution is -2.43. The van der Waals surface area contributed by atoms with Crippen molar-refractivity contribution < 1.29 is 13.2 Å². The molecule has 1 unspecified atom stereocenters. The average molecular weight is 236 g/mol. The van der Waals surface area contributed by atoms with Gasteiger partial charge in [0, 0.05) is 18.8 Å². The lowest BCUT2D eigenvalue weighted by atomic mass is 10.3. The molecule has 15 heavy (non-hydrogen) atoms. The number of likely N-dealkylation sites (N-methyl/N-ethyl adjacent to an activating group) is 1. The maximum absolute atomic E-state index is 11.2. The highest BCUT2D eigenvalue weighted by atomic mass is 32.2. The summed E-state index contributed by atoms with van der Waals surface area (Å²) in [6.45, 7) is 6.06. The zero-order chi connectivity index (χ0) is 11.9. The van der Waals surface area contributed by atoms with Gasteiger partial charge in [-0.05, 0) is 13.8 Å². The van der Waals surface area contributed by atoms with Crippen LogP contribution < -0.4 is 10.6 Å². The van der Waals surface area contributed by atoms with Crippen molar-refractivity contribution in [1.82, 2.24) is 10.6 Å². The molecule has 2 N–H and O–H groups in total. The summed E-state index contributed by atoms with van der Waals surface area (Å²) in [6.07, 6.45) is 0. The molecule has 0 heterocycles. The van der Waals surface area contributed by atoms with Crippen LogP contribution in [0.4, 0.5) is 0 Å². The average Bonchev–Trinajstić information content (AvgIpc) is 2.18. The second-order valence-corrected chi connectivity index (χ2v) is 5.78. The van der Waals surface area contributed by atoms with E-state index in [1.54, 1.807) is 13.8 Å². The molecule has 0 aliphatic rings. The lowest BCUT2D eigenvalue weighted by Gasteiger charge is -2.12. The maximum atomic E-state index is 11.2. The summed E-state index contributed by atoms with van der Waals surface area (Å²) in [5.74, 6) is 0.115. The van der Waals surface area contributed by atoms with Crippen LogP contribution in [-0.4, -0.2) is 45.0 Å². The topological polar surface area (TPSA) is 75.3 Å². The first kappa shape index (κ1) is 14.4. The van der Waals surface area contributed by atoms with E-state index in [1.165, 1.54) is 0 Å². The SMILES string of the molecule is CCNC(=O)C(C)NCCS(=O)(=O)CC. The summed E-state index contributed by atoms with van der Waals surface area (Å²) in [4.78, 5) is 11.2. The molecule has 0 radical (unpaired) electrons. The van der Waals surface area contributed by atoms with Crippen molar-refractivity contribution in [2.75, 3.05) is 24.6 Å². The van der Waals surface area contributed by atoms with Gasteiger partial charge in [0.2, 0.25) is 5.91 Å². The number of carbonyl (C=O) groups excluding carboxylic acids is 1. The van der Waals surface area contributed by atoms with Crippen LogP contribution in [0.1, 0.15) is 20.8 Å². The maximum Gasteiger partial charge on any atom is 0.236 e. The summed E-state index contributed by atoms with van der Waals surface area (Å²) < 4.78 is 22.3. The first-order valence-corrected chi connectivity index (χ1v) is 6.96. The van der Waals surface area contributed by atoms with Gasteiger partial charge in [0.1, 0.15) is 0 Å². The second kappa shape index (κ2) is 6.79. The van der Waals surface area contributed by atoms with Crippen LogP contribution in [0.2, 0.25) is 0 Å². The number of hydrogen-bond acceptors (Lipinski definition) is 4. The standard InChI is InChI=1S/C9H20N2O3S/c1-4-10-9(12)8(3)11-6-7-15(13,14)5-2/h8,11H,4-7H2,1-3H3,(H,10,12). The first-order valence-electron chi connectivity index (χ1n) is 5.14. The number of sulfone groups is 1. The molecule has 0 bridgehead atoms. The van der Waals surface area contributed by atoms with Crippen LogP contribution in [0, 0.1) is 0 Å². The van der Waals surface area contributed by atoms with Crippen molar-refractivity contribution in [3.05, 3.63) is 0 Å². The van der Waals surface area contributed by atoms with Crippen molar-refractivity contribution in [3.63, 3.8) is 0 Å². The van der Waals surface area contributed by atoms with Gasteiger partial charge in [-0.25, -0.2) is 8.42 Å². The minimum atomic E-state index is -2.95. The van der Waals surface area contributed by atoms with E-state index in [2.05, 4.69) is 10.6 Å². The van der Waals surface area contributed by atoms with E-state index >= 15 is 0 Å². The monoisotopic (exact) mass is 236 g/mol. The Balaban J connectivity index is 3.82. The second-order valence-electron chi connectivity index (χ2n) is 3.31. The first-order chi connectivity index (χ1) is 6.93. The molecule has 1 amide bonds. The molecule has 0 aromatic heterocycles. The Hall–Kier alpha value is -0.620. The van der Waals surface area contributed by atoms with Crippen LogP contribution in [-0.2, 0) is 14.6 Å². The Labute approximate surface area is 91.5 Å². The van der Waals surface area contributed by atoms with E-state index < -0.39 is 9.84 Å². The van der Waals surface area contributed by atoms with Gasteiger partial charge in [0.15, 0.2) is 9.84 Å². The lowest BCUT2D eigenvalue weighted by molar-refractivity contribution is -0.122. The molecule has 0 aromatic carbocycles. The third kappa shape index (κ3) is 6.46. The van der Waals surface area contributed by atoms with Crippen molar-refractivity contribution in [3.8, 4) is 0 Å². The van der Waals surface area contributed by atoms with Crippen LogP contribution in [0.15, 0.2) is 0 Å². The Morgan fingerprint density at radius 3 is 2.40 bits per heavy atom. The predicted molar refractivity (Wildman–Crippen MR) is 60.5 cm³/mol. The summed E-state index contributed by atoms with van der Waals surface area (Å²) in [6, 6.07) is -0.350. The van der Waals surface area contributed by atoms with E-state index in [0.717, 1.165) is 0 Å². The van der Waals surface area contributed by atoms with E-state index in [1.807, 2.05) is 6.92 Å². The Morgan fingerprint density at radius 2 is 1.93 bits per heavy atom.